The molecule has 0 spiro atoms. The molecule has 4 nitrogen and oxygen atoms in total. The SMILES string of the molecule is CC(C)(C)CC(=O)Nc1cnc(Cl)cn1. The number of rotatable bonds is 2. The molecular weight excluding hydrogens is 214 g/mol. The third-order valence-electron chi connectivity index (χ3n) is 1.58. The molecule has 0 bridgehead atoms. The van der Waals surface area contributed by atoms with E-state index >= 15 is 0 Å². The Bertz CT molecular complexity index is 343. The number of hydrogen-bond donors (Lipinski definition) is 1. The molecule has 0 aliphatic heterocycles. The van der Waals surface area contributed by atoms with Gasteiger partial charge in [-0.1, -0.05) is 32.4 Å². The Labute approximate surface area is 94.1 Å². The van der Waals surface area contributed by atoms with Gasteiger partial charge in [0.2, 0.25) is 5.91 Å². The van der Waals surface area contributed by atoms with Gasteiger partial charge in [0.15, 0.2) is 5.82 Å². The first-order valence-electron chi connectivity index (χ1n) is 4.64. The molecule has 0 unspecified atom stereocenters. The Balaban J connectivity index is 2.55. The van der Waals surface area contributed by atoms with Crippen LogP contribution in [0.2, 0.25) is 5.15 Å². The fourth-order valence-corrected chi connectivity index (χ4v) is 1.14. The first kappa shape index (κ1) is 11.9. The highest BCUT2D eigenvalue weighted by Crippen LogP contribution is 2.19. The number of aromatic nitrogens is 2. The lowest BCUT2D eigenvalue weighted by Crippen LogP contribution is -2.20. The molecule has 0 aliphatic carbocycles. The summed E-state index contributed by atoms with van der Waals surface area (Å²) < 4.78 is 0. The number of carbonyl (C=O) groups excluding carboxylic acids is 1. The highest BCUT2D eigenvalue weighted by Gasteiger charge is 2.16. The summed E-state index contributed by atoms with van der Waals surface area (Å²) in [6.07, 6.45) is 3.27. The topological polar surface area (TPSA) is 54.9 Å². The highest BCUT2D eigenvalue weighted by molar-refractivity contribution is 6.29. The zero-order chi connectivity index (χ0) is 11.5. The maximum absolute atomic E-state index is 11.5. The molecule has 1 aromatic heterocycles. The van der Waals surface area contributed by atoms with Crippen LogP contribution < -0.4 is 5.32 Å². The molecule has 1 heterocycles. The summed E-state index contributed by atoms with van der Waals surface area (Å²) in [5, 5.41) is 2.96. The molecule has 1 aromatic rings. The van der Waals surface area contributed by atoms with Crippen LogP contribution in [0.4, 0.5) is 5.82 Å². The molecule has 0 radical (unpaired) electrons. The zero-order valence-corrected chi connectivity index (χ0v) is 9.80. The van der Waals surface area contributed by atoms with Gasteiger partial charge in [0, 0.05) is 6.42 Å². The average Bonchev–Trinajstić information content (AvgIpc) is 2.05. The van der Waals surface area contributed by atoms with E-state index in [1.807, 2.05) is 20.8 Å². The van der Waals surface area contributed by atoms with Crippen LogP contribution in [-0.2, 0) is 4.79 Å². The van der Waals surface area contributed by atoms with Crippen LogP contribution in [-0.4, -0.2) is 15.9 Å². The molecule has 5 heteroatoms. The van der Waals surface area contributed by atoms with Crippen LogP contribution in [0.15, 0.2) is 12.4 Å². The van der Waals surface area contributed by atoms with E-state index in [9.17, 15) is 4.79 Å². The van der Waals surface area contributed by atoms with E-state index in [1.165, 1.54) is 12.4 Å². The second-order valence-corrected chi connectivity index (χ2v) is 4.90. The molecule has 0 saturated heterocycles. The summed E-state index contributed by atoms with van der Waals surface area (Å²) in [5.74, 6) is 0.354. The minimum absolute atomic E-state index is 0.0378. The van der Waals surface area contributed by atoms with Gasteiger partial charge in [-0.25, -0.2) is 9.97 Å². The predicted molar refractivity (Wildman–Crippen MR) is 59.7 cm³/mol. The molecule has 82 valence electrons. The van der Waals surface area contributed by atoms with Crippen molar-refractivity contribution >= 4 is 23.3 Å². The van der Waals surface area contributed by atoms with Gasteiger partial charge < -0.3 is 5.32 Å². The Kier molecular flexibility index (Phi) is 3.63. The molecule has 15 heavy (non-hydrogen) atoms. The van der Waals surface area contributed by atoms with Gasteiger partial charge in [-0.2, -0.15) is 0 Å². The predicted octanol–water partition coefficient (Wildman–Crippen LogP) is 2.50. The summed E-state index contributed by atoms with van der Waals surface area (Å²) in [5.41, 5.74) is -0.0378. The summed E-state index contributed by atoms with van der Waals surface area (Å²) >= 11 is 5.57. The van der Waals surface area contributed by atoms with Crippen molar-refractivity contribution in [2.45, 2.75) is 27.2 Å². The van der Waals surface area contributed by atoms with Gasteiger partial charge in [-0.05, 0) is 5.41 Å². The number of carbonyl (C=O) groups is 1. The number of nitrogens with zero attached hydrogens (tertiary/aromatic N) is 2. The molecular formula is C10H14ClN3O. The number of anilines is 1. The second kappa shape index (κ2) is 4.57. The van der Waals surface area contributed by atoms with Crippen molar-refractivity contribution in [1.29, 1.82) is 0 Å². The normalized spacial score (nSPS) is 11.2. The third kappa shape index (κ3) is 4.74. The van der Waals surface area contributed by atoms with Crippen molar-refractivity contribution in [2.75, 3.05) is 5.32 Å². The van der Waals surface area contributed by atoms with Crippen LogP contribution in [0, 0.1) is 5.41 Å². The van der Waals surface area contributed by atoms with Crippen molar-refractivity contribution < 1.29 is 4.79 Å². The highest BCUT2D eigenvalue weighted by atomic mass is 35.5. The number of hydrogen-bond acceptors (Lipinski definition) is 3. The fraction of sp³-hybridized carbons (Fsp3) is 0.500. The van der Waals surface area contributed by atoms with E-state index in [-0.39, 0.29) is 11.3 Å². The van der Waals surface area contributed by atoms with Crippen molar-refractivity contribution in [3.63, 3.8) is 0 Å². The molecule has 0 aromatic carbocycles. The van der Waals surface area contributed by atoms with E-state index in [2.05, 4.69) is 15.3 Å². The van der Waals surface area contributed by atoms with Crippen molar-refractivity contribution in [1.82, 2.24) is 9.97 Å². The largest absolute Gasteiger partial charge is 0.309 e. The van der Waals surface area contributed by atoms with Crippen molar-refractivity contribution in [3.05, 3.63) is 17.5 Å². The molecule has 0 atom stereocenters. The Morgan fingerprint density at radius 3 is 2.53 bits per heavy atom. The minimum Gasteiger partial charge on any atom is -0.309 e. The smallest absolute Gasteiger partial charge is 0.226 e. The molecule has 0 fully saturated rings. The minimum atomic E-state index is -0.0703. The number of nitrogens with one attached hydrogen (secondary N) is 1. The van der Waals surface area contributed by atoms with Crippen molar-refractivity contribution in [2.24, 2.45) is 5.41 Å². The van der Waals surface area contributed by atoms with Gasteiger partial charge in [-0.15, -0.1) is 0 Å². The molecule has 1 rings (SSSR count). The first-order valence-corrected chi connectivity index (χ1v) is 5.02. The first-order chi connectivity index (χ1) is 6.87. The summed E-state index contributed by atoms with van der Waals surface area (Å²) in [4.78, 5) is 19.2. The number of amides is 1. The van der Waals surface area contributed by atoms with Crippen LogP contribution in [0.3, 0.4) is 0 Å². The quantitative estimate of drug-likeness (QED) is 0.845. The Morgan fingerprint density at radius 2 is 2.07 bits per heavy atom. The Hall–Kier alpha value is -1.16. The van der Waals surface area contributed by atoms with Crippen LogP contribution in [0.25, 0.3) is 0 Å². The molecule has 0 aliphatic rings. The standard InChI is InChI=1S/C10H14ClN3O/c1-10(2,3)4-9(15)14-8-6-12-7(11)5-13-8/h5-6H,4H2,1-3H3,(H,13,14,15). The van der Waals surface area contributed by atoms with E-state index in [0.717, 1.165) is 0 Å². The lowest BCUT2D eigenvalue weighted by molar-refractivity contribution is -0.117. The Morgan fingerprint density at radius 1 is 1.40 bits per heavy atom. The van der Waals surface area contributed by atoms with E-state index < -0.39 is 0 Å². The van der Waals surface area contributed by atoms with Gasteiger partial charge >= 0.3 is 0 Å². The third-order valence-corrected chi connectivity index (χ3v) is 1.77. The number of halogens is 1. The van der Waals surface area contributed by atoms with E-state index in [1.54, 1.807) is 0 Å². The summed E-state index contributed by atoms with van der Waals surface area (Å²) in [7, 11) is 0. The lowest BCUT2D eigenvalue weighted by Gasteiger charge is -2.16. The maximum atomic E-state index is 11.5. The maximum Gasteiger partial charge on any atom is 0.226 e. The summed E-state index contributed by atoms with van der Waals surface area (Å²) in [6, 6.07) is 0. The van der Waals surface area contributed by atoms with Crippen LogP contribution >= 0.6 is 11.6 Å². The van der Waals surface area contributed by atoms with E-state index in [4.69, 9.17) is 11.6 Å². The van der Waals surface area contributed by atoms with Crippen LogP contribution in [0.1, 0.15) is 27.2 Å². The molecule has 1 N–H and O–H groups in total. The molecule has 1 amide bonds. The average molecular weight is 228 g/mol. The summed E-state index contributed by atoms with van der Waals surface area (Å²) in [6.45, 7) is 6.00. The van der Waals surface area contributed by atoms with Crippen molar-refractivity contribution in [3.8, 4) is 0 Å². The van der Waals surface area contributed by atoms with E-state index in [0.29, 0.717) is 17.4 Å². The zero-order valence-electron chi connectivity index (χ0n) is 9.04. The molecule has 0 saturated carbocycles. The lowest BCUT2D eigenvalue weighted by atomic mass is 9.92. The van der Waals surface area contributed by atoms with Gasteiger partial charge in [-0.3, -0.25) is 4.79 Å². The van der Waals surface area contributed by atoms with Gasteiger partial charge in [0.25, 0.3) is 0 Å². The monoisotopic (exact) mass is 227 g/mol. The second-order valence-electron chi connectivity index (χ2n) is 4.51. The van der Waals surface area contributed by atoms with Gasteiger partial charge in [0.1, 0.15) is 5.15 Å². The fourth-order valence-electron chi connectivity index (χ4n) is 1.05. The van der Waals surface area contributed by atoms with Crippen LogP contribution in [0.5, 0.6) is 0 Å². The van der Waals surface area contributed by atoms with Gasteiger partial charge in [0.05, 0.1) is 12.4 Å².